The van der Waals surface area contributed by atoms with Crippen LogP contribution in [0.4, 0.5) is 5.95 Å². The van der Waals surface area contributed by atoms with Gasteiger partial charge in [0.05, 0.1) is 24.4 Å². The maximum absolute atomic E-state index is 12.2. The molecule has 0 atom stereocenters. The molecular weight excluding hydrogens is 344 g/mol. The summed E-state index contributed by atoms with van der Waals surface area (Å²) in [5.74, 6) is 0.702. The second kappa shape index (κ2) is 6.56. The molecule has 8 nitrogen and oxygen atoms in total. The van der Waals surface area contributed by atoms with Crippen molar-refractivity contribution in [3.63, 3.8) is 0 Å². The molecule has 0 saturated heterocycles. The van der Waals surface area contributed by atoms with Crippen molar-refractivity contribution in [2.24, 2.45) is 0 Å². The first-order chi connectivity index (χ1) is 13.0. The van der Waals surface area contributed by atoms with Crippen molar-refractivity contribution >= 4 is 22.9 Å². The van der Waals surface area contributed by atoms with Crippen LogP contribution >= 0.6 is 0 Å². The van der Waals surface area contributed by atoms with E-state index in [1.807, 2.05) is 24.3 Å². The van der Waals surface area contributed by atoms with Crippen LogP contribution in [0.3, 0.4) is 0 Å². The molecule has 0 aliphatic rings. The summed E-state index contributed by atoms with van der Waals surface area (Å²) in [5.41, 5.74) is 8.66. The van der Waals surface area contributed by atoms with Gasteiger partial charge in [-0.15, -0.1) is 0 Å². The summed E-state index contributed by atoms with van der Waals surface area (Å²) in [7, 11) is 3.46. The van der Waals surface area contributed by atoms with Gasteiger partial charge < -0.3 is 15.1 Å². The van der Waals surface area contributed by atoms with Gasteiger partial charge in [0.25, 0.3) is 5.91 Å². The minimum atomic E-state index is -0.0474. The lowest BCUT2D eigenvalue weighted by atomic mass is 10.1. The van der Waals surface area contributed by atoms with Crippen molar-refractivity contribution in [2.75, 3.05) is 19.8 Å². The van der Waals surface area contributed by atoms with Gasteiger partial charge in [-0.1, -0.05) is 12.1 Å². The highest BCUT2D eigenvalue weighted by Crippen LogP contribution is 2.27. The molecule has 1 aromatic carbocycles. The molecule has 0 aliphatic carbocycles. The fraction of sp³-hybridized carbons (Fsp3) is 0.158. The van der Waals surface area contributed by atoms with Crippen LogP contribution in [-0.2, 0) is 6.54 Å². The second-order valence-corrected chi connectivity index (χ2v) is 6.35. The van der Waals surface area contributed by atoms with Crippen molar-refractivity contribution in [1.82, 2.24) is 24.6 Å². The first kappa shape index (κ1) is 16.8. The smallest absolute Gasteiger partial charge is 0.253 e. The summed E-state index contributed by atoms with van der Waals surface area (Å²) in [4.78, 5) is 22.4. The highest BCUT2D eigenvalue weighted by molar-refractivity contribution is 5.94. The van der Waals surface area contributed by atoms with E-state index in [1.54, 1.807) is 48.3 Å². The molecule has 1 amide bonds. The van der Waals surface area contributed by atoms with Crippen molar-refractivity contribution in [1.29, 1.82) is 0 Å². The summed E-state index contributed by atoms with van der Waals surface area (Å²) < 4.78 is 7.18. The van der Waals surface area contributed by atoms with E-state index in [4.69, 9.17) is 10.2 Å². The first-order valence-electron chi connectivity index (χ1n) is 8.36. The summed E-state index contributed by atoms with van der Waals surface area (Å²) in [5, 5.41) is 5.18. The summed E-state index contributed by atoms with van der Waals surface area (Å²) in [6.45, 7) is 0.450. The summed E-state index contributed by atoms with van der Waals surface area (Å²) >= 11 is 0. The number of hydrogen-bond acceptors (Lipinski definition) is 6. The van der Waals surface area contributed by atoms with E-state index >= 15 is 0 Å². The van der Waals surface area contributed by atoms with Gasteiger partial charge in [-0.25, -0.2) is 9.67 Å². The number of amides is 1. The lowest BCUT2D eigenvalue weighted by Gasteiger charge is -2.11. The van der Waals surface area contributed by atoms with Crippen LogP contribution in [0, 0.1) is 0 Å². The minimum Gasteiger partial charge on any atom is -0.463 e. The van der Waals surface area contributed by atoms with Crippen LogP contribution in [0.25, 0.3) is 22.5 Å². The number of carbonyl (C=O) groups excluding carboxylic acids is 1. The van der Waals surface area contributed by atoms with Gasteiger partial charge in [-0.3, -0.25) is 4.79 Å². The van der Waals surface area contributed by atoms with Gasteiger partial charge in [0.2, 0.25) is 5.95 Å². The zero-order chi connectivity index (χ0) is 19.0. The Morgan fingerprint density at radius 1 is 1.22 bits per heavy atom. The third-order valence-electron chi connectivity index (χ3n) is 4.18. The number of hydrogen-bond donors (Lipinski definition) is 1. The van der Waals surface area contributed by atoms with Crippen molar-refractivity contribution in [3.05, 3.63) is 60.0 Å². The normalized spacial score (nSPS) is 11.0. The van der Waals surface area contributed by atoms with E-state index in [1.165, 1.54) is 0 Å². The number of fused-ring (bicyclic) bond motifs is 1. The molecule has 3 aromatic heterocycles. The predicted molar refractivity (Wildman–Crippen MR) is 101 cm³/mol. The molecule has 8 heteroatoms. The lowest BCUT2D eigenvalue weighted by molar-refractivity contribution is 0.0827. The predicted octanol–water partition coefficient (Wildman–Crippen LogP) is 2.42. The average molecular weight is 362 g/mol. The zero-order valence-corrected chi connectivity index (χ0v) is 15.0. The Kier molecular flexibility index (Phi) is 4.08. The Bertz CT molecular complexity index is 1110. The van der Waals surface area contributed by atoms with Gasteiger partial charge >= 0.3 is 0 Å². The molecule has 0 bridgehead atoms. The third-order valence-corrected chi connectivity index (χ3v) is 4.18. The number of nitrogen functional groups attached to an aromatic ring is 1. The molecule has 0 radical (unpaired) electrons. The fourth-order valence-electron chi connectivity index (χ4n) is 2.92. The molecular formula is C19H18N6O2. The molecule has 0 aliphatic heterocycles. The number of aromatic nitrogens is 4. The average Bonchev–Trinajstić information content (AvgIpc) is 3.31. The zero-order valence-electron chi connectivity index (χ0n) is 15.0. The SMILES string of the molecule is CN(C)C(=O)c1cccc(Cn2ncc3c(-c4ccco4)nc(N)nc32)c1. The summed E-state index contributed by atoms with van der Waals surface area (Å²) in [6.07, 6.45) is 3.28. The minimum absolute atomic E-state index is 0.0474. The van der Waals surface area contributed by atoms with Crippen molar-refractivity contribution < 1.29 is 9.21 Å². The number of nitrogens with zero attached hydrogens (tertiary/aromatic N) is 5. The number of nitrogens with two attached hydrogens (primary N) is 1. The molecule has 0 fully saturated rings. The Morgan fingerprint density at radius 2 is 2.07 bits per heavy atom. The monoisotopic (exact) mass is 362 g/mol. The van der Waals surface area contributed by atoms with Gasteiger partial charge in [0.15, 0.2) is 11.4 Å². The van der Waals surface area contributed by atoms with Crippen molar-refractivity contribution in [3.8, 4) is 11.5 Å². The van der Waals surface area contributed by atoms with E-state index in [-0.39, 0.29) is 11.9 Å². The maximum Gasteiger partial charge on any atom is 0.253 e. The molecule has 136 valence electrons. The topological polar surface area (TPSA) is 103 Å². The number of furan rings is 1. The summed E-state index contributed by atoms with van der Waals surface area (Å²) in [6, 6.07) is 11.1. The standard InChI is InChI=1S/C19H18N6O2/c1-24(2)18(26)13-6-3-5-12(9-13)11-25-17-14(10-21-25)16(22-19(20)23-17)15-7-4-8-27-15/h3-10H,11H2,1-2H3,(H2,20,22,23). The molecule has 3 heterocycles. The molecule has 27 heavy (non-hydrogen) atoms. The van der Waals surface area contributed by atoms with Gasteiger partial charge in [-0.2, -0.15) is 10.1 Å². The Balaban J connectivity index is 1.74. The molecule has 0 unspecified atom stereocenters. The van der Waals surface area contributed by atoms with E-state index in [0.717, 1.165) is 10.9 Å². The highest BCUT2D eigenvalue weighted by Gasteiger charge is 2.16. The fourth-order valence-corrected chi connectivity index (χ4v) is 2.92. The van der Waals surface area contributed by atoms with Crippen LogP contribution in [0.2, 0.25) is 0 Å². The maximum atomic E-state index is 12.2. The van der Waals surface area contributed by atoms with Gasteiger partial charge in [-0.05, 0) is 29.8 Å². The second-order valence-electron chi connectivity index (χ2n) is 6.35. The van der Waals surface area contributed by atoms with E-state index in [0.29, 0.717) is 29.2 Å². The quantitative estimate of drug-likeness (QED) is 0.598. The van der Waals surface area contributed by atoms with E-state index < -0.39 is 0 Å². The highest BCUT2D eigenvalue weighted by atomic mass is 16.3. The molecule has 0 spiro atoms. The Labute approximate surface area is 155 Å². The lowest BCUT2D eigenvalue weighted by Crippen LogP contribution is -2.21. The Morgan fingerprint density at radius 3 is 2.81 bits per heavy atom. The number of rotatable bonds is 4. The number of benzene rings is 1. The Hall–Kier alpha value is -3.68. The van der Waals surface area contributed by atoms with Crippen LogP contribution < -0.4 is 5.73 Å². The largest absolute Gasteiger partial charge is 0.463 e. The van der Waals surface area contributed by atoms with Crippen LogP contribution in [0.5, 0.6) is 0 Å². The van der Waals surface area contributed by atoms with Gasteiger partial charge in [0, 0.05) is 19.7 Å². The molecule has 2 N–H and O–H groups in total. The first-order valence-corrected chi connectivity index (χ1v) is 8.36. The van der Waals surface area contributed by atoms with E-state index in [2.05, 4.69) is 15.1 Å². The molecule has 0 saturated carbocycles. The van der Waals surface area contributed by atoms with Crippen LogP contribution in [0.1, 0.15) is 15.9 Å². The van der Waals surface area contributed by atoms with Crippen LogP contribution in [0.15, 0.2) is 53.3 Å². The van der Waals surface area contributed by atoms with Gasteiger partial charge in [0.1, 0.15) is 5.69 Å². The van der Waals surface area contributed by atoms with Crippen molar-refractivity contribution in [2.45, 2.75) is 6.54 Å². The number of carbonyl (C=O) groups is 1. The van der Waals surface area contributed by atoms with E-state index in [9.17, 15) is 4.79 Å². The molecule has 4 rings (SSSR count). The number of anilines is 1. The molecule has 4 aromatic rings. The van der Waals surface area contributed by atoms with Crippen LogP contribution in [-0.4, -0.2) is 44.7 Å². The third kappa shape index (κ3) is 3.12.